The molecule has 0 saturated carbocycles. The summed E-state index contributed by atoms with van der Waals surface area (Å²) in [5.74, 6) is 2.04. The molecule has 2 atom stereocenters. The van der Waals surface area contributed by atoms with Crippen molar-refractivity contribution < 1.29 is 13.5 Å². The van der Waals surface area contributed by atoms with E-state index in [-0.39, 0.29) is 48.1 Å². The fraction of sp³-hybridized carbons (Fsp3) is 0.933. The monoisotopic (exact) mass is 461 g/mol. The Morgan fingerprint density at radius 2 is 2.09 bits per heavy atom. The van der Waals surface area contributed by atoms with Gasteiger partial charge in [-0.3, -0.25) is 4.99 Å². The Bertz CT molecular complexity index is 455. The summed E-state index contributed by atoms with van der Waals surface area (Å²) in [5, 5.41) is 15.5. The fourth-order valence-corrected chi connectivity index (χ4v) is 4.45. The molecule has 3 N–H and O–H groups in total. The third-order valence-electron chi connectivity index (χ3n) is 3.77. The fourth-order valence-electron chi connectivity index (χ4n) is 2.78. The van der Waals surface area contributed by atoms with E-state index < -0.39 is 9.84 Å². The van der Waals surface area contributed by atoms with Gasteiger partial charge in [0, 0.05) is 25.7 Å². The van der Waals surface area contributed by atoms with Gasteiger partial charge in [-0.1, -0.05) is 13.8 Å². The van der Waals surface area contributed by atoms with Crippen LogP contribution in [0.15, 0.2) is 4.99 Å². The molecule has 1 saturated heterocycles. The van der Waals surface area contributed by atoms with Gasteiger partial charge in [-0.05, 0) is 38.0 Å². The average molecular weight is 461 g/mol. The van der Waals surface area contributed by atoms with Crippen molar-refractivity contribution in [1.82, 2.24) is 10.6 Å². The first-order valence-electron chi connectivity index (χ1n) is 8.22. The van der Waals surface area contributed by atoms with Crippen molar-refractivity contribution >= 4 is 39.8 Å². The van der Waals surface area contributed by atoms with E-state index in [1.807, 2.05) is 6.92 Å². The smallest absolute Gasteiger partial charge is 0.191 e. The zero-order valence-corrected chi connectivity index (χ0v) is 17.6. The second-order valence-electron chi connectivity index (χ2n) is 6.47. The zero-order chi connectivity index (χ0) is 16.6. The predicted octanol–water partition coefficient (Wildman–Crippen LogP) is 1.39. The van der Waals surface area contributed by atoms with Crippen LogP contribution in [-0.4, -0.2) is 56.7 Å². The molecule has 2 unspecified atom stereocenters. The van der Waals surface area contributed by atoms with E-state index in [0.29, 0.717) is 30.8 Å². The van der Waals surface area contributed by atoms with Crippen molar-refractivity contribution in [1.29, 1.82) is 0 Å². The van der Waals surface area contributed by atoms with Gasteiger partial charge < -0.3 is 15.7 Å². The molecule has 1 rings (SSSR count). The average Bonchev–Trinajstić information content (AvgIpc) is 2.75. The highest BCUT2D eigenvalue weighted by atomic mass is 127. The second-order valence-corrected chi connectivity index (χ2v) is 8.70. The number of halogens is 1. The van der Waals surface area contributed by atoms with Gasteiger partial charge in [-0.15, -0.1) is 24.0 Å². The molecule has 0 aromatic carbocycles. The van der Waals surface area contributed by atoms with Gasteiger partial charge in [-0.2, -0.15) is 0 Å². The van der Waals surface area contributed by atoms with Gasteiger partial charge in [0.1, 0.15) is 0 Å². The SMILES string of the molecule is CCNC(=NCC(CCO)CC(C)C)NC1CCS(=O)(=O)C1.I. The van der Waals surface area contributed by atoms with Gasteiger partial charge in [0.15, 0.2) is 15.8 Å². The largest absolute Gasteiger partial charge is 0.396 e. The number of nitrogens with zero attached hydrogens (tertiary/aromatic N) is 1. The molecular weight excluding hydrogens is 429 g/mol. The summed E-state index contributed by atoms with van der Waals surface area (Å²) < 4.78 is 23.0. The van der Waals surface area contributed by atoms with Crippen LogP contribution in [0.4, 0.5) is 0 Å². The Balaban J connectivity index is 0.00000484. The van der Waals surface area contributed by atoms with Crippen LogP contribution in [-0.2, 0) is 9.84 Å². The maximum atomic E-state index is 11.5. The minimum Gasteiger partial charge on any atom is -0.396 e. The van der Waals surface area contributed by atoms with Crippen molar-refractivity contribution in [2.45, 2.75) is 46.1 Å². The number of hydrogen-bond donors (Lipinski definition) is 3. The summed E-state index contributed by atoms with van der Waals surface area (Å²) in [6.45, 7) is 7.88. The molecule has 0 spiro atoms. The molecule has 1 fully saturated rings. The van der Waals surface area contributed by atoms with Gasteiger partial charge in [-0.25, -0.2) is 8.42 Å². The molecule has 23 heavy (non-hydrogen) atoms. The number of aliphatic hydroxyl groups excluding tert-OH is 1. The van der Waals surface area contributed by atoms with Gasteiger partial charge >= 0.3 is 0 Å². The molecule has 1 heterocycles. The lowest BCUT2D eigenvalue weighted by Gasteiger charge is -2.19. The lowest BCUT2D eigenvalue weighted by atomic mass is 9.94. The summed E-state index contributed by atoms with van der Waals surface area (Å²) >= 11 is 0. The van der Waals surface area contributed by atoms with Crippen LogP contribution >= 0.6 is 24.0 Å². The molecule has 1 aliphatic heterocycles. The van der Waals surface area contributed by atoms with Gasteiger partial charge in [0.25, 0.3) is 0 Å². The first-order valence-corrected chi connectivity index (χ1v) is 10.0. The number of aliphatic hydroxyl groups is 1. The van der Waals surface area contributed by atoms with E-state index in [2.05, 4.69) is 29.5 Å². The van der Waals surface area contributed by atoms with Crippen LogP contribution in [0.25, 0.3) is 0 Å². The molecule has 1 aliphatic rings. The number of hydrogen-bond acceptors (Lipinski definition) is 4. The molecule has 8 heteroatoms. The van der Waals surface area contributed by atoms with Crippen molar-refractivity contribution in [3.05, 3.63) is 0 Å². The van der Waals surface area contributed by atoms with E-state index >= 15 is 0 Å². The van der Waals surface area contributed by atoms with E-state index in [0.717, 1.165) is 19.4 Å². The summed E-state index contributed by atoms with van der Waals surface area (Å²) in [6, 6.07) is -0.0517. The molecule has 0 aromatic rings. The Morgan fingerprint density at radius 3 is 2.57 bits per heavy atom. The standard InChI is InChI=1S/C15H31N3O3S.HI/c1-4-16-15(18-14-6-8-22(20,21)11-14)17-10-13(5-7-19)9-12(2)3;/h12-14,19H,4-11H2,1-3H3,(H2,16,17,18);1H. The highest BCUT2D eigenvalue weighted by Gasteiger charge is 2.28. The van der Waals surface area contributed by atoms with Crippen molar-refractivity contribution in [3.63, 3.8) is 0 Å². The van der Waals surface area contributed by atoms with E-state index in [9.17, 15) is 8.42 Å². The van der Waals surface area contributed by atoms with Crippen molar-refractivity contribution in [3.8, 4) is 0 Å². The first-order chi connectivity index (χ1) is 10.4. The number of sulfone groups is 1. The number of nitrogens with one attached hydrogen (secondary N) is 2. The van der Waals surface area contributed by atoms with Crippen LogP contribution in [0.5, 0.6) is 0 Å². The molecule has 0 aromatic heterocycles. The van der Waals surface area contributed by atoms with Crippen molar-refractivity contribution in [2.24, 2.45) is 16.8 Å². The van der Waals surface area contributed by atoms with Crippen molar-refractivity contribution in [2.75, 3.05) is 31.2 Å². The molecule has 0 bridgehead atoms. The van der Waals surface area contributed by atoms with E-state index in [4.69, 9.17) is 5.11 Å². The van der Waals surface area contributed by atoms with Crippen LogP contribution in [0, 0.1) is 11.8 Å². The molecular formula is C15H32IN3O3S. The Morgan fingerprint density at radius 1 is 1.39 bits per heavy atom. The number of rotatable bonds is 8. The minimum absolute atomic E-state index is 0. The van der Waals surface area contributed by atoms with Crippen LogP contribution in [0.1, 0.15) is 40.0 Å². The molecule has 0 amide bonds. The maximum absolute atomic E-state index is 11.5. The lowest BCUT2D eigenvalue weighted by Crippen LogP contribution is -2.44. The minimum atomic E-state index is -2.89. The number of aliphatic imine (C=N–C) groups is 1. The van der Waals surface area contributed by atoms with Crippen LogP contribution < -0.4 is 10.6 Å². The Labute approximate surface area is 157 Å². The van der Waals surface area contributed by atoms with E-state index in [1.54, 1.807) is 0 Å². The Hall–Kier alpha value is -0.0900. The lowest BCUT2D eigenvalue weighted by molar-refractivity contribution is 0.245. The van der Waals surface area contributed by atoms with E-state index in [1.165, 1.54) is 0 Å². The van der Waals surface area contributed by atoms with Gasteiger partial charge in [0.05, 0.1) is 11.5 Å². The normalized spacial score (nSPS) is 21.8. The third-order valence-corrected chi connectivity index (χ3v) is 5.54. The summed E-state index contributed by atoms with van der Waals surface area (Å²) in [7, 11) is -2.89. The molecule has 138 valence electrons. The first kappa shape index (κ1) is 22.9. The van der Waals surface area contributed by atoms with Gasteiger partial charge in [0.2, 0.25) is 0 Å². The topological polar surface area (TPSA) is 90.8 Å². The zero-order valence-electron chi connectivity index (χ0n) is 14.4. The highest BCUT2D eigenvalue weighted by Crippen LogP contribution is 2.16. The Kier molecular flexibility index (Phi) is 11.4. The maximum Gasteiger partial charge on any atom is 0.191 e. The predicted molar refractivity (Wildman–Crippen MR) is 106 cm³/mol. The summed E-state index contributed by atoms with van der Waals surface area (Å²) in [6.07, 6.45) is 2.42. The van der Waals surface area contributed by atoms with Crippen LogP contribution in [0.2, 0.25) is 0 Å². The molecule has 0 radical (unpaired) electrons. The quantitative estimate of drug-likeness (QED) is 0.289. The molecule has 6 nitrogen and oxygen atoms in total. The van der Waals surface area contributed by atoms with Crippen LogP contribution in [0.3, 0.4) is 0 Å². The molecule has 0 aliphatic carbocycles. The highest BCUT2D eigenvalue weighted by molar-refractivity contribution is 14.0. The number of guanidine groups is 1. The third kappa shape index (κ3) is 9.71. The summed E-state index contributed by atoms with van der Waals surface area (Å²) in [4.78, 5) is 4.59. The summed E-state index contributed by atoms with van der Waals surface area (Å²) in [5.41, 5.74) is 0. The second kappa shape index (κ2) is 11.5.